The van der Waals surface area contributed by atoms with Crippen LogP contribution in [0.25, 0.3) is 0 Å². The van der Waals surface area contributed by atoms with Crippen molar-refractivity contribution in [3.05, 3.63) is 35.1 Å². The van der Waals surface area contributed by atoms with Gasteiger partial charge in [-0.05, 0) is 35.4 Å². The van der Waals surface area contributed by atoms with Gasteiger partial charge in [0.15, 0.2) is 0 Å². The first kappa shape index (κ1) is 7.41. The zero-order chi connectivity index (χ0) is 9.39. The summed E-state index contributed by atoms with van der Waals surface area (Å²) in [5.41, 5.74) is 3.02. The van der Waals surface area contributed by atoms with Crippen LogP contribution < -0.4 is 5.32 Å². The van der Waals surface area contributed by atoms with Gasteiger partial charge in [0, 0.05) is 18.5 Å². The summed E-state index contributed by atoms with van der Waals surface area (Å²) in [4.78, 5) is 0. The Kier molecular flexibility index (Phi) is 1.00. The normalized spacial score (nSPS) is 41.8. The quantitative estimate of drug-likeness (QED) is 0.654. The molecule has 3 aliphatic rings. The van der Waals surface area contributed by atoms with Gasteiger partial charge in [-0.15, -0.1) is 0 Å². The lowest BCUT2D eigenvalue weighted by molar-refractivity contribution is 0.508. The fraction of sp³-hybridized carbons (Fsp3) is 0.500. The SMILES string of the molecule is Fc1cccc2c1CC13CNCC21C3. The van der Waals surface area contributed by atoms with Crippen molar-refractivity contribution in [3.63, 3.8) is 0 Å². The first-order valence-electron chi connectivity index (χ1n) is 5.26. The highest BCUT2D eigenvalue weighted by Crippen LogP contribution is 2.73. The molecule has 72 valence electrons. The lowest BCUT2D eigenvalue weighted by Gasteiger charge is -2.13. The summed E-state index contributed by atoms with van der Waals surface area (Å²) in [5, 5.41) is 3.44. The molecular weight excluding hydrogens is 177 g/mol. The highest BCUT2D eigenvalue weighted by Gasteiger charge is 2.74. The number of rotatable bonds is 0. The zero-order valence-electron chi connectivity index (χ0n) is 7.94. The summed E-state index contributed by atoms with van der Waals surface area (Å²) in [6.45, 7) is 2.14. The van der Waals surface area contributed by atoms with Gasteiger partial charge in [0.05, 0.1) is 0 Å². The Bertz CT molecular complexity index is 438. The molecule has 1 aliphatic heterocycles. The summed E-state index contributed by atoms with van der Waals surface area (Å²) < 4.78 is 13.6. The van der Waals surface area contributed by atoms with Crippen molar-refractivity contribution in [3.8, 4) is 0 Å². The second-order valence-electron chi connectivity index (χ2n) is 5.09. The predicted octanol–water partition coefficient (Wildman–Crippen LogP) is 1.61. The largest absolute Gasteiger partial charge is 0.315 e. The van der Waals surface area contributed by atoms with Gasteiger partial charge < -0.3 is 5.32 Å². The van der Waals surface area contributed by atoms with E-state index in [4.69, 9.17) is 0 Å². The molecule has 1 aromatic carbocycles. The first-order chi connectivity index (χ1) is 6.78. The summed E-state index contributed by atoms with van der Waals surface area (Å²) in [5.74, 6) is 0.00958. The van der Waals surface area contributed by atoms with Crippen molar-refractivity contribution >= 4 is 0 Å². The van der Waals surface area contributed by atoms with E-state index in [1.54, 1.807) is 6.07 Å². The molecule has 0 aromatic heterocycles. The van der Waals surface area contributed by atoms with Gasteiger partial charge in [-0.2, -0.15) is 0 Å². The van der Waals surface area contributed by atoms with E-state index in [1.165, 1.54) is 12.0 Å². The average Bonchev–Trinajstić information content (AvgIpc) is 2.56. The van der Waals surface area contributed by atoms with Crippen LogP contribution in [0.15, 0.2) is 18.2 Å². The van der Waals surface area contributed by atoms with Crippen LogP contribution in [0, 0.1) is 11.2 Å². The van der Waals surface area contributed by atoms with Crippen LogP contribution in [0.1, 0.15) is 17.5 Å². The lowest BCUT2D eigenvalue weighted by atomic mass is 9.95. The van der Waals surface area contributed by atoms with E-state index in [0.717, 1.165) is 25.1 Å². The molecule has 2 fully saturated rings. The van der Waals surface area contributed by atoms with Crippen LogP contribution in [0.4, 0.5) is 4.39 Å². The van der Waals surface area contributed by atoms with E-state index in [2.05, 4.69) is 11.4 Å². The maximum atomic E-state index is 13.6. The lowest BCUT2D eigenvalue weighted by Crippen LogP contribution is -2.21. The molecule has 4 rings (SSSR count). The van der Waals surface area contributed by atoms with E-state index in [1.807, 2.05) is 6.07 Å². The minimum Gasteiger partial charge on any atom is -0.315 e. The Morgan fingerprint density at radius 2 is 2.21 bits per heavy atom. The first-order valence-corrected chi connectivity index (χ1v) is 5.26. The number of hydrogen-bond acceptors (Lipinski definition) is 1. The number of nitrogens with one attached hydrogen (secondary N) is 1. The number of benzene rings is 1. The second-order valence-corrected chi connectivity index (χ2v) is 5.09. The minimum atomic E-state index is 0.00958. The van der Waals surface area contributed by atoms with Gasteiger partial charge in [0.1, 0.15) is 5.82 Å². The molecule has 2 aliphatic carbocycles. The standard InChI is InChI=1S/C12H12FN/c13-10-3-1-2-9-8(10)4-11-5-12(9,11)7-14-6-11/h1-3,14H,4-7H2. The monoisotopic (exact) mass is 189 g/mol. The van der Waals surface area contributed by atoms with Crippen LogP contribution in [-0.4, -0.2) is 13.1 Å². The van der Waals surface area contributed by atoms with Crippen LogP contribution in [0.3, 0.4) is 0 Å². The Morgan fingerprint density at radius 3 is 3.14 bits per heavy atom. The van der Waals surface area contributed by atoms with Crippen molar-refractivity contribution in [2.45, 2.75) is 18.3 Å². The Balaban J connectivity index is 2.00. The van der Waals surface area contributed by atoms with Gasteiger partial charge in [0.25, 0.3) is 0 Å². The fourth-order valence-electron chi connectivity index (χ4n) is 3.83. The second kappa shape index (κ2) is 1.89. The van der Waals surface area contributed by atoms with E-state index in [-0.39, 0.29) is 5.82 Å². The molecule has 2 heteroatoms. The molecule has 0 bridgehead atoms. The van der Waals surface area contributed by atoms with Gasteiger partial charge >= 0.3 is 0 Å². The fourth-order valence-corrected chi connectivity index (χ4v) is 3.83. The smallest absolute Gasteiger partial charge is 0.126 e. The molecule has 0 radical (unpaired) electrons. The third-order valence-corrected chi connectivity index (χ3v) is 4.57. The molecule has 1 aromatic rings. The molecule has 2 unspecified atom stereocenters. The third-order valence-electron chi connectivity index (χ3n) is 4.57. The molecular formula is C12H12FN. The van der Waals surface area contributed by atoms with Crippen molar-refractivity contribution in [1.29, 1.82) is 0 Å². The van der Waals surface area contributed by atoms with Crippen molar-refractivity contribution < 1.29 is 4.39 Å². The Hall–Kier alpha value is -0.890. The Labute approximate surface area is 82.3 Å². The molecule has 0 amide bonds. The topological polar surface area (TPSA) is 12.0 Å². The summed E-state index contributed by atoms with van der Waals surface area (Å²) >= 11 is 0. The number of hydrogen-bond donors (Lipinski definition) is 1. The minimum absolute atomic E-state index is 0.00958. The van der Waals surface area contributed by atoms with E-state index in [0.29, 0.717) is 10.8 Å². The van der Waals surface area contributed by atoms with Crippen LogP contribution in [-0.2, 0) is 11.8 Å². The summed E-state index contributed by atoms with van der Waals surface area (Å²) in [6.07, 6.45) is 2.24. The predicted molar refractivity (Wildman–Crippen MR) is 51.7 cm³/mol. The number of piperidine rings is 1. The maximum Gasteiger partial charge on any atom is 0.126 e. The third kappa shape index (κ3) is 0.558. The van der Waals surface area contributed by atoms with Crippen molar-refractivity contribution in [2.75, 3.05) is 13.1 Å². The maximum absolute atomic E-state index is 13.6. The molecule has 1 nitrogen and oxygen atoms in total. The Morgan fingerprint density at radius 1 is 1.29 bits per heavy atom. The highest BCUT2D eigenvalue weighted by atomic mass is 19.1. The molecule has 1 saturated heterocycles. The molecule has 2 atom stereocenters. The van der Waals surface area contributed by atoms with Gasteiger partial charge in [-0.25, -0.2) is 4.39 Å². The van der Waals surface area contributed by atoms with Gasteiger partial charge in [-0.3, -0.25) is 0 Å². The highest BCUT2D eigenvalue weighted by molar-refractivity contribution is 5.54. The molecule has 1 N–H and O–H groups in total. The molecule has 1 heterocycles. The van der Waals surface area contributed by atoms with Crippen LogP contribution in [0.5, 0.6) is 0 Å². The number of fused-ring (bicyclic) bond motifs is 1. The number of halogens is 1. The summed E-state index contributed by atoms with van der Waals surface area (Å²) in [7, 11) is 0. The van der Waals surface area contributed by atoms with Crippen molar-refractivity contribution in [1.82, 2.24) is 5.32 Å². The van der Waals surface area contributed by atoms with Crippen molar-refractivity contribution in [2.24, 2.45) is 5.41 Å². The van der Waals surface area contributed by atoms with Gasteiger partial charge in [-0.1, -0.05) is 12.1 Å². The van der Waals surface area contributed by atoms with E-state index < -0.39 is 0 Å². The van der Waals surface area contributed by atoms with Gasteiger partial charge in [0.2, 0.25) is 0 Å². The molecule has 14 heavy (non-hydrogen) atoms. The summed E-state index contributed by atoms with van der Waals surface area (Å²) in [6, 6.07) is 5.58. The van der Waals surface area contributed by atoms with Crippen LogP contribution >= 0.6 is 0 Å². The van der Waals surface area contributed by atoms with E-state index in [9.17, 15) is 4.39 Å². The molecule has 0 spiro atoms. The average molecular weight is 189 g/mol. The zero-order valence-corrected chi connectivity index (χ0v) is 7.94. The van der Waals surface area contributed by atoms with Crippen LogP contribution in [0.2, 0.25) is 0 Å². The molecule has 1 saturated carbocycles. The van der Waals surface area contributed by atoms with E-state index >= 15 is 0 Å².